The van der Waals surface area contributed by atoms with E-state index >= 15 is 0 Å². The van der Waals surface area contributed by atoms with Crippen LogP contribution in [0.5, 0.6) is 0 Å². The van der Waals surface area contributed by atoms with Gasteiger partial charge in [0.05, 0.1) is 13.2 Å². The van der Waals surface area contributed by atoms with Crippen molar-refractivity contribution in [3.8, 4) is 0 Å². The number of hydrogen-bond donors (Lipinski definition) is 0. The van der Waals surface area contributed by atoms with Crippen molar-refractivity contribution in [3.63, 3.8) is 0 Å². The molecule has 0 aromatic heterocycles. The third kappa shape index (κ3) is 8.70. The molecule has 0 aromatic carbocycles. The first kappa shape index (κ1) is 13.4. The molecule has 0 aliphatic carbocycles. The van der Waals surface area contributed by atoms with Crippen LogP contribution in [-0.2, 0) is 23.8 Å². The summed E-state index contributed by atoms with van der Waals surface area (Å²) in [4.78, 5) is 21.1. The normalized spacial score (nSPS) is 9.07. The van der Waals surface area contributed by atoms with E-state index in [0.717, 1.165) is 12.2 Å². The molecule has 0 saturated carbocycles. The molecule has 0 unspecified atom stereocenters. The molecule has 0 rings (SSSR count). The predicted octanol–water partition coefficient (Wildman–Crippen LogP) is 0.461. The Morgan fingerprint density at radius 1 is 0.867 bits per heavy atom. The third-order valence-electron chi connectivity index (χ3n) is 1.28. The molecule has 0 amide bonds. The maximum Gasteiger partial charge on any atom is 0.330 e. The summed E-state index contributed by atoms with van der Waals surface area (Å²) in [6.45, 7) is 7.29. The smallest absolute Gasteiger partial charge is 0.330 e. The zero-order valence-electron chi connectivity index (χ0n) is 8.44. The second-order valence-electron chi connectivity index (χ2n) is 2.36. The summed E-state index contributed by atoms with van der Waals surface area (Å²) in [6, 6.07) is 0. The third-order valence-corrected chi connectivity index (χ3v) is 1.28. The summed E-state index contributed by atoms with van der Waals surface area (Å²) in [5, 5.41) is 0. The van der Waals surface area contributed by atoms with E-state index in [1.54, 1.807) is 0 Å². The van der Waals surface area contributed by atoms with Gasteiger partial charge in [-0.15, -0.1) is 0 Å². The minimum absolute atomic E-state index is 0.153. The maximum absolute atomic E-state index is 10.6. The lowest BCUT2D eigenvalue weighted by atomic mass is 10.6. The van der Waals surface area contributed by atoms with Crippen molar-refractivity contribution in [2.24, 2.45) is 0 Å². The molecule has 0 saturated heterocycles. The van der Waals surface area contributed by atoms with E-state index in [1.807, 2.05) is 0 Å². The van der Waals surface area contributed by atoms with E-state index in [0.29, 0.717) is 0 Å². The van der Waals surface area contributed by atoms with E-state index in [9.17, 15) is 9.59 Å². The summed E-state index contributed by atoms with van der Waals surface area (Å²) < 4.78 is 14.3. The lowest BCUT2D eigenvalue weighted by Gasteiger charge is -2.04. The first-order chi connectivity index (χ1) is 7.20. The molecule has 0 heterocycles. The van der Waals surface area contributed by atoms with Crippen molar-refractivity contribution in [2.75, 3.05) is 26.4 Å². The van der Waals surface area contributed by atoms with Gasteiger partial charge in [0.1, 0.15) is 13.2 Å². The fourth-order valence-electron chi connectivity index (χ4n) is 0.622. The van der Waals surface area contributed by atoms with Crippen LogP contribution in [0.15, 0.2) is 25.3 Å². The van der Waals surface area contributed by atoms with Crippen LogP contribution < -0.4 is 0 Å². The van der Waals surface area contributed by atoms with Crippen LogP contribution in [0.1, 0.15) is 0 Å². The van der Waals surface area contributed by atoms with Gasteiger partial charge >= 0.3 is 11.9 Å². The van der Waals surface area contributed by atoms with Crippen LogP contribution in [0.4, 0.5) is 0 Å². The van der Waals surface area contributed by atoms with Gasteiger partial charge in [-0.3, -0.25) is 0 Å². The molecule has 0 bridgehead atoms. The van der Waals surface area contributed by atoms with Crippen LogP contribution in [0.25, 0.3) is 0 Å². The maximum atomic E-state index is 10.6. The van der Waals surface area contributed by atoms with Gasteiger partial charge in [0.2, 0.25) is 0 Å². The molecule has 0 aromatic rings. The zero-order valence-corrected chi connectivity index (χ0v) is 8.44. The largest absolute Gasteiger partial charge is 0.460 e. The van der Waals surface area contributed by atoms with Crippen LogP contribution in [-0.4, -0.2) is 38.4 Å². The Morgan fingerprint density at radius 3 is 1.60 bits per heavy atom. The Labute approximate surface area is 88.3 Å². The van der Waals surface area contributed by atoms with Crippen LogP contribution in [0.3, 0.4) is 0 Å². The van der Waals surface area contributed by atoms with E-state index in [4.69, 9.17) is 4.74 Å². The highest BCUT2D eigenvalue weighted by molar-refractivity contribution is 5.81. The molecule has 0 fully saturated rings. The lowest BCUT2D eigenvalue weighted by molar-refractivity contribution is -0.140. The average Bonchev–Trinajstić information content (AvgIpc) is 2.26. The quantitative estimate of drug-likeness (QED) is 0.334. The first-order valence-electron chi connectivity index (χ1n) is 4.37. The van der Waals surface area contributed by atoms with Gasteiger partial charge in [0, 0.05) is 12.2 Å². The highest BCUT2D eigenvalue weighted by atomic mass is 16.6. The summed E-state index contributed by atoms with van der Waals surface area (Å²) in [6.07, 6.45) is 2.15. The van der Waals surface area contributed by atoms with Gasteiger partial charge < -0.3 is 14.2 Å². The Balaban J connectivity index is 3.18. The van der Waals surface area contributed by atoms with Crippen molar-refractivity contribution >= 4 is 11.9 Å². The lowest BCUT2D eigenvalue weighted by Crippen LogP contribution is -2.12. The van der Waals surface area contributed by atoms with Gasteiger partial charge in [-0.2, -0.15) is 0 Å². The van der Waals surface area contributed by atoms with Gasteiger partial charge in [-0.25, -0.2) is 9.59 Å². The van der Waals surface area contributed by atoms with E-state index in [2.05, 4.69) is 22.6 Å². The molecular formula is C10H14O5. The van der Waals surface area contributed by atoms with Crippen molar-refractivity contribution in [3.05, 3.63) is 25.3 Å². The molecule has 0 aliphatic rings. The molecular weight excluding hydrogens is 200 g/mol. The molecule has 15 heavy (non-hydrogen) atoms. The Hall–Kier alpha value is -1.62. The molecule has 0 spiro atoms. The van der Waals surface area contributed by atoms with E-state index in [1.165, 1.54) is 0 Å². The first-order valence-corrected chi connectivity index (χ1v) is 4.37. The number of rotatable bonds is 8. The molecule has 0 radical (unpaired) electrons. The Bertz CT molecular complexity index is 210. The number of ether oxygens (including phenoxy) is 3. The van der Waals surface area contributed by atoms with Crippen molar-refractivity contribution in [1.82, 2.24) is 0 Å². The monoisotopic (exact) mass is 214 g/mol. The molecule has 5 heteroatoms. The standard InChI is InChI=1S/C10H14O5/c1-3-9(11)14-7-5-13-6-8-15-10(12)4-2/h3-4H,1-2,5-8H2. The average molecular weight is 214 g/mol. The van der Waals surface area contributed by atoms with E-state index < -0.39 is 11.9 Å². The number of esters is 2. The summed E-state index contributed by atoms with van der Waals surface area (Å²) in [7, 11) is 0. The zero-order chi connectivity index (χ0) is 11.5. The van der Waals surface area contributed by atoms with Crippen molar-refractivity contribution < 1.29 is 23.8 Å². The summed E-state index contributed by atoms with van der Waals surface area (Å²) in [5.41, 5.74) is 0. The molecule has 0 atom stereocenters. The second kappa shape index (κ2) is 8.96. The summed E-state index contributed by atoms with van der Waals surface area (Å²) in [5.74, 6) is -0.978. The van der Waals surface area contributed by atoms with Crippen LogP contribution in [0, 0.1) is 0 Å². The molecule has 0 N–H and O–H groups in total. The molecule has 0 aliphatic heterocycles. The number of carbonyl (C=O) groups is 2. The Morgan fingerprint density at radius 2 is 1.27 bits per heavy atom. The van der Waals surface area contributed by atoms with E-state index in [-0.39, 0.29) is 26.4 Å². The topological polar surface area (TPSA) is 61.8 Å². The number of hydrogen-bond acceptors (Lipinski definition) is 5. The van der Waals surface area contributed by atoms with Gasteiger partial charge in [0.15, 0.2) is 0 Å². The predicted molar refractivity (Wildman–Crippen MR) is 53.1 cm³/mol. The highest BCUT2D eigenvalue weighted by Gasteiger charge is 1.96. The van der Waals surface area contributed by atoms with Gasteiger partial charge in [-0.1, -0.05) is 13.2 Å². The SMILES string of the molecule is C=CC(=O)OCCOCCOC(=O)C=C. The highest BCUT2D eigenvalue weighted by Crippen LogP contribution is 1.83. The fraction of sp³-hybridized carbons (Fsp3) is 0.400. The minimum Gasteiger partial charge on any atom is -0.460 e. The number of carbonyl (C=O) groups excluding carboxylic acids is 2. The second-order valence-corrected chi connectivity index (χ2v) is 2.36. The Kier molecular flexibility index (Phi) is 7.99. The molecule has 5 nitrogen and oxygen atoms in total. The fourth-order valence-corrected chi connectivity index (χ4v) is 0.622. The van der Waals surface area contributed by atoms with Gasteiger partial charge in [0.25, 0.3) is 0 Å². The van der Waals surface area contributed by atoms with Gasteiger partial charge in [-0.05, 0) is 0 Å². The van der Waals surface area contributed by atoms with Crippen molar-refractivity contribution in [2.45, 2.75) is 0 Å². The summed E-state index contributed by atoms with van der Waals surface area (Å²) >= 11 is 0. The molecule has 84 valence electrons. The van der Waals surface area contributed by atoms with Crippen LogP contribution in [0.2, 0.25) is 0 Å². The van der Waals surface area contributed by atoms with Crippen molar-refractivity contribution in [1.29, 1.82) is 0 Å². The van der Waals surface area contributed by atoms with Crippen LogP contribution >= 0.6 is 0 Å². The minimum atomic E-state index is -0.489.